The van der Waals surface area contributed by atoms with Crippen molar-refractivity contribution >= 4 is 23.6 Å². The highest BCUT2D eigenvalue weighted by Gasteiger charge is 2.26. The Labute approximate surface area is 107 Å². The molecule has 4 nitrogen and oxygen atoms in total. The topological polar surface area (TPSA) is 66.4 Å². The lowest BCUT2D eigenvalue weighted by atomic mass is 9.86. The Kier molecular flexibility index (Phi) is 5.82. The van der Waals surface area contributed by atoms with Gasteiger partial charge < -0.3 is 10.4 Å². The summed E-state index contributed by atoms with van der Waals surface area (Å²) in [6.07, 6.45) is 5.47. The first-order valence-corrected chi connectivity index (χ1v) is 7.36. The van der Waals surface area contributed by atoms with Crippen molar-refractivity contribution in [3.63, 3.8) is 0 Å². The summed E-state index contributed by atoms with van der Waals surface area (Å²) < 4.78 is 0. The molecule has 5 heteroatoms. The normalized spacial score (nSPS) is 26.2. The molecule has 0 heterocycles. The Morgan fingerprint density at radius 2 is 1.94 bits per heavy atom. The van der Waals surface area contributed by atoms with Gasteiger partial charge in [-0.15, -0.1) is 0 Å². The number of amides is 1. The van der Waals surface area contributed by atoms with E-state index < -0.39 is 5.97 Å². The van der Waals surface area contributed by atoms with E-state index in [0.717, 1.165) is 12.8 Å². The van der Waals surface area contributed by atoms with Crippen molar-refractivity contribution in [3.8, 4) is 0 Å². The molecular weight excluding hydrogens is 238 g/mol. The monoisotopic (exact) mass is 259 g/mol. The molecule has 1 aliphatic rings. The number of carboxylic acids is 1. The predicted molar refractivity (Wildman–Crippen MR) is 69.1 cm³/mol. The van der Waals surface area contributed by atoms with Crippen LogP contribution in [-0.4, -0.2) is 34.5 Å². The molecule has 0 bridgehead atoms. The molecule has 1 atom stereocenters. The molecular formula is C12H21NO3S. The summed E-state index contributed by atoms with van der Waals surface area (Å²) in [5.41, 5.74) is 0. The number of rotatable bonds is 5. The van der Waals surface area contributed by atoms with Gasteiger partial charge in [-0.3, -0.25) is 9.59 Å². The van der Waals surface area contributed by atoms with Gasteiger partial charge in [0.05, 0.1) is 5.92 Å². The van der Waals surface area contributed by atoms with Crippen LogP contribution in [0.1, 0.15) is 39.0 Å². The zero-order chi connectivity index (χ0) is 12.8. The van der Waals surface area contributed by atoms with E-state index in [0.29, 0.717) is 24.5 Å². The minimum atomic E-state index is -0.703. The van der Waals surface area contributed by atoms with E-state index >= 15 is 0 Å². The molecule has 0 radical (unpaired) electrons. The Morgan fingerprint density at radius 1 is 1.35 bits per heavy atom. The molecule has 1 saturated carbocycles. The van der Waals surface area contributed by atoms with Crippen LogP contribution in [0.4, 0.5) is 0 Å². The second kappa shape index (κ2) is 6.89. The van der Waals surface area contributed by atoms with E-state index in [2.05, 4.69) is 5.32 Å². The van der Waals surface area contributed by atoms with Crippen LogP contribution in [0.25, 0.3) is 0 Å². The average Bonchev–Trinajstić information content (AvgIpc) is 2.29. The molecule has 1 aliphatic carbocycles. The lowest BCUT2D eigenvalue weighted by Gasteiger charge is -2.27. The standard InChI is InChI=1S/C12H21NO3S/c1-8(17-2)7-11(14)13-10-5-3-9(4-6-10)12(15)16/h8-10H,3-7H2,1-2H3,(H,13,14)(H,15,16). The number of carbonyl (C=O) groups is 2. The first-order chi connectivity index (χ1) is 8.02. The van der Waals surface area contributed by atoms with Crippen LogP contribution in [0.3, 0.4) is 0 Å². The number of carboxylic acid groups (broad SMARTS) is 1. The average molecular weight is 259 g/mol. The maximum absolute atomic E-state index is 11.7. The summed E-state index contributed by atoms with van der Waals surface area (Å²) in [7, 11) is 0. The number of hydrogen-bond acceptors (Lipinski definition) is 3. The zero-order valence-corrected chi connectivity index (χ0v) is 11.3. The quantitative estimate of drug-likeness (QED) is 0.791. The van der Waals surface area contributed by atoms with E-state index in [9.17, 15) is 9.59 Å². The number of nitrogens with one attached hydrogen (secondary N) is 1. The predicted octanol–water partition coefficient (Wildman–Crippen LogP) is 1.89. The van der Waals surface area contributed by atoms with Gasteiger partial charge >= 0.3 is 5.97 Å². The van der Waals surface area contributed by atoms with Gasteiger partial charge in [0.25, 0.3) is 0 Å². The molecule has 1 rings (SSSR count). The third kappa shape index (κ3) is 4.98. The fourth-order valence-corrected chi connectivity index (χ4v) is 2.43. The maximum atomic E-state index is 11.7. The van der Waals surface area contributed by atoms with Crippen LogP contribution in [-0.2, 0) is 9.59 Å². The fourth-order valence-electron chi connectivity index (χ4n) is 2.12. The largest absolute Gasteiger partial charge is 0.481 e. The third-order valence-corrected chi connectivity index (χ3v) is 4.29. The second-order valence-electron chi connectivity index (χ2n) is 4.70. The number of carbonyl (C=O) groups excluding carboxylic acids is 1. The molecule has 0 aromatic rings. The van der Waals surface area contributed by atoms with E-state index in [-0.39, 0.29) is 17.9 Å². The number of thioether (sulfide) groups is 1. The van der Waals surface area contributed by atoms with Crippen molar-refractivity contribution < 1.29 is 14.7 Å². The van der Waals surface area contributed by atoms with Crippen LogP contribution >= 0.6 is 11.8 Å². The minimum absolute atomic E-state index is 0.0885. The summed E-state index contributed by atoms with van der Waals surface area (Å²) in [6, 6.07) is 0.173. The Hall–Kier alpha value is -0.710. The van der Waals surface area contributed by atoms with E-state index in [1.807, 2.05) is 13.2 Å². The molecule has 0 spiro atoms. The molecule has 1 fully saturated rings. The van der Waals surface area contributed by atoms with Gasteiger partial charge in [0.2, 0.25) is 5.91 Å². The highest BCUT2D eigenvalue weighted by molar-refractivity contribution is 7.99. The first kappa shape index (κ1) is 14.4. The van der Waals surface area contributed by atoms with E-state index in [1.165, 1.54) is 0 Å². The summed E-state index contributed by atoms with van der Waals surface area (Å²) in [5, 5.41) is 12.2. The Morgan fingerprint density at radius 3 is 2.41 bits per heavy atom. The lowest BCUT2D eigenvalue weighted by molar-refractivity contribution is -0.142. The fraction of sp³-hybridized carbons (Fsp3) is 0.833. The van der Waals surface area contributed by atoms with Crippen LogP contribution in [0, 0.1) is 5.92 Å². The molecule has 17 heavy (non-hydrogen) atoms. The highest BCUT2D eigenvalue weighted by Crippen LogP contribution is 2.24. The molecule has 0 aliphatic heterocycles. The Bertz CT molecular complexity index is 275. The summed E-state index contributed by atoms with van der Waals surface area (Å²) in [4.78, 5) is 22.4. The van der Waals surface area contributed by atoms with Crippen molar-refractivity contribution in [2.75, 3.05) is 6.26 Å². The van der Waals surface area contributed by atoms with Crippen molar-refractivity contribution in [1.82, 2.24) is 5.32 Å². The number of hydrogen-bond donors (Lipinski definition) is 2. The summed E-state index contributed by atoms with van der Waals surface area (Å²) in [5.74, 6) is -0.829. The van der Waals surface area contributed by atoms with E-state index in [1.54, 1.807) is 11.8 Å². The van der Waals surface area contributed by atoms with Gasteiger partial charge in [-0.2, -0.15) is 11.8 Å². The van der Waals surface area contributed by atoms with E-state index in [4.69, 9.17) is 5.11 Å². The van der Waals surface area contributed by atoms with Crippen LogP contribution in [0.2, 0.25) is 0 Å². The van der Waals surface area contributed by atoms with Crippen LogP contribution in [0.15, 0.2) is 0 Å². The molecule has 2 N–H and O–H groups in total. The highest BCUT2D eigenvalue weighted by atomic mass is 32.2. The van der Waals surface area contributed by atoms with Gasteiger partial charge in [-0.25, -0.2) is 0 Å². The number of aliphatic carboxylic acids is 1. The molecule has 0 saturated heterocycles. The smallest absolute Gasteiger partial charge is 0.306 e. The Balaban J connectivity index is 2.26. The van der Waals surface area contributed by atoms with Gasteiger partial charge in [-0.05, 0) is 31.9 Å². The summed E-state index contributed by atoms with van der Waals surface area (Å²) >= 11 is 1.68. The molecule has 1 amide bonds. The molecule has 0 aromatic carbocycles. The van der Waals surface area contributed by atoms with Crippen molar-refractivity contribution in [1.29, 1.82) is 0 Å². The van der Waals surface area contributed by atoms with Crippen molar-refractivity contribution in [2.24, 2.45) is 5.92 Å². The van der Waals surface area contributed by atoms with Crippen LogP contribution in [0.5, 0.6) is 0 Å². The maximum Gasteiger partial charge on any atom is 0.306 e. The molecule has 1 unspecified atom stereocenters. The zero-order valence-electron chi connectivity index (χ0n) is 10.4. The van der Waals surface area contributed by atoms with Crippen molar-refractivity contribution in [2.45, 2.75) is 50.3 Å². The van der Waals surface area contributed by atoms with Crippen molar-refractivity contribution in [3.05, 3.63) is 0 Å². The second-order valence-corrected chi connectivity index (χ2v) is 5.98. The van der Waals surface area contributed by atoms with Gasteiger partial charge in [0, 0.05) is 17.7 Å². The van der Waals surface area contributed by atoms with Crippen LogP contribution < -0.4 is 5.32 Å². The lowest BCUT2D eigenvalue weighted by Crippen LogP contribution is -2.39. The first-order valence-electron chi connectivity index (χ1n) is 6.08. The SMILES string of the molecule is CSC(C)CC(=O)NC1CCC(C(=O)O)CC1. The third-order valence-electron chi connectivity index (χ3n) is 3.32. The van der Waals surface area contributed by atoms with Gasteiger partial charge in [0.1, 0.15) is 0 Å². The minimum Gasteiger partial charge on any atom is -0.481 e. The van der Waals surface area contributed by atoms with Gasteiger partial charge in [-0.1, -0.05) is 6.92 Å². The molecule has 98 valence electrons. The van der Waals surface area contributed by atoms with Gasteiger partial charge in [0.15, 0.2) is 0 Å². The molecule has 0 aromatic heterocycles. The summed E-state index contributed by atoms with van der Waals surface area (Å²) in [6.45, 7) is 2.03.